The summed E-state index contributed by atoms with van der Waals surface area (Å²) >= 11 is 11.4. The van der Waals surface area contributed by atoms with Gasteiger partial charge in [-0.05, 0) is 18.9 Å². The Hall–Kier alpha value is -0.800. The normalized spacial score (nSPS) is 10.1. The highest BCUT2D eigenvalue weighted by atomic mass is 35.5. The quantitative estimate of drug-likeness (QED) is 0.455. The second-order valence-electron chi connectivity index (χ2n) is 2.79. The number of nitrogens with zero attached hydrogens (tertiary/aromatic N) is 1. The first-order chi connectivity index (χ1) is 6.66. The van der Waals surface area contributed by atoms with Gasteiger partial charge in [0.2, 0.25) is 0 Å². The minimum atomic E-state index is -0.421. The number of nitro benzene ring substituents is 1. The van der Waals surface area contributed by atoms with Crippen molar-refractivity contribution in [3.63, 3.8) is 0 Å². The van der Waals surface area contributed by atoms with Crippen molar-refractivity contribution in [2.45, 2.75) is 12.8 Å². The van der Waals surface area contributed by atoms with Gasteiger partial charge in [0, 0.05) is 17.5 Å². The summed E-state index contributed by atoms with van der Waals surface area (Å²) < 4.78 is 0. The molecular weight excluding hydrogens is 225 g/mol. The zero-order valence-electron chi connectivity index (χ0n) is 7.37. The lowest BCUT2D eigenvalue weighted by Crippen LogP contribution is -1.96. The van der Waals surface area contributed by atoms with Crippen LogP contribution in [0.5, 0.6) is 0 Å². The third kappa shape index (κ3) is 2.59. The van der Waals surface area contributed by atoms with Crippen LogP contribution >= 0.6 is 23.2 Å². The fraction of sp³-hybridized carbons (Fsp3) is 0.333. The molecule has 1 aromatic carbocycles. The Morgan fingerprint density at radius 3 is 2.71 bits per heavy atom. The van der Waals surface area contributed by atoms with Gasteiger partial charge in [0.15, 0.2) is 0 Å². The molecule has 0 bridgehead atoms. The maximum Gasteiger partial charge on any atom is 0.274 e. The van der Waals surface area contributed by atoms with Gasteiger partial charge in [0.1, 0.15) is 0 Å². The smallest absolute Gasteiger partial charge is 0.258 e. The Kier molecular flexibility index (Phi) is 4.17. The zero-order valence-corrected chi connectivity index (χ0v) is 8.88. The number of benzene rings is 1. The van der Waals surface area contributed by atoms with Crippen molar-refractivity contribution >= 4 is 28.9 Å². The van der Waals surface area contributed by atoms with Crippen LogP contribution in [0.2, 0.25) is 5.02 Å². The minimum Gasteiger partial charge on any atom is -0.258 e. The van der Waals surface area contributed by atoms with Crippen LogP contribution in [-0.4, -0.2) is 10.8 Å². The van der Waals surface area contributed by atoms with Gasteiger partial charge in [0.25, 0.3) is 5.69 Å². The summed E-state index contributed by atoms with van der Waals surface area (Å²) in [4.78, 5) is 10.2. The van der Waals surface area contributed by atoms with Crippen molar-refractivity contribution < 1.29 is 4.92 Å². The third-order valence-corrected chi connectivity index (χ3v) is 2.47. The van der Waals surface area contributed by atoms with E-state index in [0.717, 1.165) is 0 Å². The fourth-order valence-electron chi connectivity index (χ4n) is 1.21. The molecule has 0 aliphatic carbocycles. The molecule has 1 rings (SSSR count). The molecule has 0 aliphatic rings. The van der Waals surface area contributed by atoms with Crippen LogP contribution in [-0.2, 0) is 6.42 Å². The van der Waals surface area contributed by atoms with Gasteiger partial charge in [-0.2, -0.15) is 0 Å². The molecular formula is C9H9Cl2NO2. The molecule has 1 aromatic rings. The maximum atomic E-state index is 10.7. The average Bonchev–Trinajstić information content (AvgIpc) is 2.15. The molecule has 3 nitrogen and oxygen atoms in total. The third-order valence-electron chi connectivity index (χ3n) is 1.85. The van der Waals surface area contributed by atoms with E-state index >= 15 is 0 Å². The van der Waals surface area contributed by atoms with Crippen molar-refractivity contribution in [2.24, 2.45) is 0 Å². The lowest BCUT2D eigenvalue weighted by atomic mass is 10.1. The van der Waals surface area contributed by atoms with E-state index in [4.69, 9.17) is 23.2 Å². The molecule has 0 saturated heterocycles. The van der Waals surface area contributed by atoms with Crippen molar-refractivity contribution in [3.05, 3.63) is 38.9 Å². The molecule has 0 saturated carbocycles. The molecule has 0 atom stereocenters. The summed E-state index contributed by atoms with van der Waals surface area (Å²) in [6.45, 7) is 0. The molecule has 0 N–H and O–H groups in total. The Labute approximate surface area is 91.8 Å². The Morgan fingerprint density at radius 2 is 2.14 bits per heavy atom. The van der Waals surface area contributed by atoms with Gasteiger partial charge in [-0.3, -0.25) is 10.1 Å². The van der Waals surface area contributed by atoms with Crippen molar-refractivity contribution in [3.8, 4) is 0 Å². The van der Waals surface area contributed by atoms with Crippen LogP contribution in [0.3, 0.4) is 0 Å². The monoisotopic (exact) mass is 233 g/mol. The predicted octanol–water partition coefficient (Wildman–Crippen LogP) is 3.42. The predicted molar refractivity (Wildman–Crippen MR) is 57.1 cm³/mol. The van der Waals surface area contributed by atoms with E-state index in [1.165, 1.54) is 6.07 Å². The number of alkyl halides is 1. The Balaban J connectivity index is 3.02. The van der Waals surface area contributed by atoms with Crippen LogP contribution in [0.25, 0.3) is 0 Å². The Morgan fingerprint density at radius 1 is 1.43 bits per heavy atom. The van der Waals surface area contributed by atoms with Crippen molar-refractivity contribution in [1.82, 2.24) is 0 Å². The van der Waals surface area contributed by atoms with E-state index < -0.39 is 4.92 Å². The summed E-state index contributed by atoms with van der Waals surface area (Å²) in [7, 11) is 0. The summed E-state index contributed by atoms with van der Waals surface area (Å²) in [5.74, 6) is 0.475. The SMILES string of the molecule is O=[N+]([O-])c1cccc(Cl)c1CCCCl. The topological polar surface area (TPSA) is 43.1 Å². The first-order valence-corrected chi connectivity index (χ1v) is 5.06. The molecule has 0 spiro atoms. The maximum absolute atomic E-state index is 10.7. The van der Waals surface area contributed by atoms with Crippen molar-refractivity contribution in [1.29, 1.82) is 0 Å². The fourth-order valence-corrected chi connectivity index (χ4v) is 1.61. The molecule has 0 fully saturated rings. The molecule has 76 valence electrons. The molecule has 0 aliphatic heterocycles. The lowest BCUT2D eigenvalue weighted by molar-refractivity contribution is -0.385. The van der Waals surface area contributed by atoms with Gasteiger partial charge in [-0.1, -0.05) is 17.7 Å². The number of hydrogen-bond acceptors (Lipinski definition) is 2. The molecule has 14 heavy (non-hydrogen) atoms. The number of halogens is 2. The summed E-state index contributed by atoms with van der Waals surface area (Å²) in [6, 6.07) is 4.68. The molecule has 0 amide bonds. The molecule has 0 aromatic heterocycles. The molecule has 5 heteroatoms. The van der Waals surface area contributed by atoms with E-state index in [1.807, 2.05) is 0 Å². The van der Waals surface area contributed by atoms with E-state index in [2.05, 4.69) is 0 Å². The first-order valence-electron chi connectivity index (χ1n) is 4.14. The van der Waals surface area contributed by atoms with E-state index in [1.54, 1.807) is 12.1 Å². The van der Waals surface area contributed by atoms with Crippen LogP contribution in [0.1, 0.15) is 12.0 Å². The van der Waals surface area contributed by atoms with Crippen LogP contribution in [0.4, 0.5) is 5.69 Å². The second-order valence-corrected chi connectivity index (χ2v) is 3.57. The standard InChI is InChI=1S/C9H9Cl2NO2/c10-6-2-3-7-8(11)4-1-5-9(7)12(13)14/h1,4-5H,2-3,6H2. The highest BCUT2D eigenvalue weighted by Gasteiger charge is 2.15. The lowest BCUT2D eigenvalue weighted by Gasteiger charge is -2.03. The largest absolute Gasteiger partial charge is 0.274 e. The van der Waals surface area contributed by atoms with E-state index in [9.17, 15) is 10.1 Å². The number of nitro groups is 1. The number of rotatable bonds is 4. The molecule has 0 radical (unpaired) electrons. The summed E-state index contributed by atoms with van der Waals surface area (Å²) in [5, 5.41) is 11.1. The molecule has 0 unspecified atom stereocenters. The summed E-state index contributed by atoms with van der Waals surface area (Å²) in [6.07, 6.45) is 1.23. The van der Waals surface area contributed by atoms with Gasteiger partial charge >= 0.3 is 0 Å². The highest BCUT2D eigenvalue weighted by Crippen LogP contribution is 2.27. The van der Waals surface area contributed by atoms with E-state index in [0.29, 0.717) is 29.3 Å². The van der Waals surface area contributed by atoms with Crippen LogP contribution < -0.4 is 0 Å². The first kappa shape index (κ1) is 11.3. The van der Waals surface area contributed by atoms with E-state index in [-0.39, 0.29) is 5.69 Å². The Bertz CT molecular complexity index is 342. The van der Waals surface area contributed by atoms with Crippen molar-refractivity contribution in [2.75, 3.05) is 5.88 Å². The van der Waals surface area contributed by atoms with Gasteiger partial charge in [-0.15, -0.1) is 11.6 Å². The minimum absolute atomic E-state index is 0.0719. The van der Waals surface area contributed by atoms with Gasteiger partial charge in [-0.25, -0.2) is 0 Å². The van der Waals surface area contributed by atoms with Crippen LogP contribution in [0, 0.1) is 10.1 Å². The second kappa shape index (κ2) is 5.17. The number of hydrogen-bond donors (Lipinski definition) is 0. The average molecular weight is 234 g/mol. The zero-order chi connectivity index (χ0) is 10.6. The summed E-state index contributed by atoms with van der Waals surface area (Å²) in [5.41, 5.74) is 0.641. The molecule has 0 heterocycles. The van der Waals surface area contributed by atoms with Crippen LogP contribution in [0.15, 0.2) is 18.2 Å². The highest BCUT2D eigenvalue weighted by molar-refractivity contribution is 6.31. The van der Waals surface area contributed by atoms with Gasteiger partial charge in [0.05, 0.1) is 9.95 Å². The van der Waals surface area contributed by atoms with Gasteiger partial charge < -0.3 is 0 Å².